The number of rotatable bonds is 5. The minimum absolute atomic E-state index is 0.0188. The normalized spacial score (nSPS) is 10.9. The van der Waals surface area contributed by atoms with E-state index in [-0.39, 0.29) is 17.4 Å². The van der Waals surface area contributed by atoms with Crippen LogP contribution in [0.15, 0.2) is 23.6 Å². The average Bonchev–Trinajstić information content (AvgIpc) is 2.80. The summed E-state index contributed by atoms with van der Waals surface area (Å²) in [6.07, 6.45) is 0.179. The predicted molar refractivity (Wildman–Crippen MR) is 83.2 cm³/mol. The lowest BCUT2D eigenvalue weighted by atomic mass is 10.2. The molecule has 1 heterocycles. The Labute approximate surface area is 131 Å². The van der Waals surface area contributed by atoms with Crippen molar-refractivity contribution in [3.05, 3.63) is 45.1 Å². The van der Waals surface area contributed by atoms with E-state index in [1.165, 1.54) is 29.5 Å². The molecule has 112 valence electrons. The van der Waals surface area contributed by atoms with E-state index in [2.05, 4.69) is 10.3 Å². The van der Waals surface area contributed by atoms with Crippen LogP contribution in [0.25, 0.3) is 0 Å². The maximum absolute atomic E-state index is 13.0. The summed E-state index contributed by atoms with van der Waals surface area (Å²) in [6, 6.07) is 4.07. The largest absolute Gasteiger partial charge is 0.326 e. The number of nitrogens with one attached hydrogen (secondary N) is 1. The summed E-state index contributed by atoms with van der Waals surface area (Å²) in [5.41, 5.74) is 1.19. The molecule has 0 atom stereocenters. The predicted octanol–water partition coefficient (Wildman–Crippen LogP) is 3.18. The lowest BCUT2D eigenvalue weighted by Crippen LogP contribution is -2.15. The second kappa shape index (κ2) is 6.98. The topological polar surface area (TPSA) is 45.2 Å². The van der Waals surface area contributed by atoms with Crippen molar-refractivity contribution < 1.29 is 9.18 Å². The Morgan fingerprint density at radius 2 is 2.24 bits per heavy atom. The summed E-state index contributed by atoms with van der Waals surface area (Å²) in [5.74, 6) is -0.720. The Morgan fingerprint density at radius 3 is 2.90 bits per heavy atom. The average molecular weight is 328 g/mol. The first-order valence-corrected chi connectivity index (χ1v) is 7.52. The summed E-state index contributed by atoms with van der Waals surface area (Å²) in [7, 11) is 3.93. The molecule has 0 saturated carbocycles. The molecule has 21 heavy (non-hydrogen) atoms. The molecule has 0 aliphatic heterocycles. The van der Waals surface area contributed by atoms with E-state index in [9.17, 15) is 9.18 Å². The van der Waals surface area contributed by atoms with Gasteiger partial charge in [-0.3, -0.25) is 4.79 Å². The molecule has 0 aliphatic rings. The molecule has 2 aromatic rings. The number of thiazole rings is 1. The Hall–Kier alpha value is -1.50. The molecule has 1 aromatic heterocycles. The highest BCUT2D eigenvalue weighted by atomic mass is 35.5. The molecule has 1 N–H and O–H groups in total. The van der Waals surface area contributed by atoms with Gasteiger partial charge >= 0.3 is 0 Å². The van der Waals surface area contributed by atoms with Crippen LogP contribution in [-0.2, 0) is 17.8 Å². The van der Waals surface area contributed by atoms with E-state index in [0.717, 1.165) is 17.2 Å². The van der Waals surface area contributed by atoms with Crippen molar-refractivity contribution in [3.8, 4) is 0 Å². The van der Waals surface area contributed by atoms with Crippen molar-refractivity contribution in [1.29, 1.82) is 0 Å². The molecular formula is C14H15ClFN3OS. The van der Waals surface area contributed by atoms with Crippen molar-refractivity contribution >= 4 is 34.5 Å². The first-order valence-electron chi connectivity index (χ1n) is 6.27. The number of carbonyl (C=O) groups is 1. The van der Waals surface area contributed by atoms with E-state index in [1.807, 2.05) is 24.4 Å². The van der Waals surface area contributed by atoms with E-state index in [4.69, 9.17) is 11.6 Å². The summed E-state index contributed by atoms with van der Waals surface area (Å²) in [5, 5.41) is 5.49. The molecule has 0 bridgehead atoms. The van der Waals surface area contributed by atoms with E-state index in [1.54, 1.807) is 0 Å². The number of hydrogen-bond donors (Lipinski definition) is 1. The van der Waals surface area contributed by atoms with Crippen molar-refractivity contribution in [2.45, 2.75) is 13.0 Å². The summed E-state index contributed by atoms with van der Waals surface area (Å²) < 4.78 is 13.0. The van der Waals surface area contributed by atoms with Gasteiger partial charge in [-0.25, -0.2) is 9.37 Å². The maximum Gasteiger partial charge on any atom is 0.230 e. The number of amides is 1. The number of anilines is 1. The highest BCUT2D eigenvalue weighted by Crippen LogP contribution is 2.19. The van der Waals surface area contributed by atoms with Gasteiger partial charge in [-0.05, 0) is 32.3 Å². The molecule has 1 amide bonds. The minimum Gasteiger partial charge on any atom is -0.326 e. The van der Waals surface area contributed by atoms with Gasteiger partial charge in [0.15, 0.2) is 0 Å². The monoisotopic (exact) mass is 327 g/mol. The Morgan fingerprint density at radius 1 is 1.48 bits per heavy atom. The Balaban J connectivity index is 1.95. The third-order valence-electron chi connectivity index (χ3n) is 2.60. The van der Waals surface area contributed by atoms with Crippen LogP contribution < -0.4 is 5.32 Å². The highest BCUT2D eigenvalue weighted by Gasteiger charge is 2.09. The molecule has 0 unspecified atom stereocenters. The number of hydrogen-bond acceptors (Lipinski definition) is 4. The lowest BCUT2D eigenvalue weighted by molar-refractivity contribution is -0.115. The fraction of sp³-hybridized carbons (Fsp3) is 0.286. The first kappa shape index (κ1) is 15.9. The molecule has 2 rings (SSSR count). The zero-order chi connectivity index (χ0) is 15.4. The third kappa shape index (κ3) is 4.77. The van der Waals surface area contributed by atoms with E-state index < -0.39 is 5.82 Å². The van der Waals surface area contributed by atoms with Gasteiger partial charge in [-0.2, -0.15) is 0 Å². The van der Waals surface area contributed by atoms with Crippen LogP contribution in [0.4, 0.5) is 10.1 Å². The quantitative estimate of drug-likeness (QED) is 0.917. The summed E-state index contributed by atoms with van der Waals surface area (Å²) in [6.45, 7) is 0.750. The number of nitrogens with zero attached hydrogens (tertiary/aromatic N) is 2. The van der Waals surface area contributed by atoms with Gasteiger partial charge in [0, 0.05) is 17.6 Å². The van der Waals surface area contributed by atoms with Gasteiger partial charge in [0.05, 0.1) is 17.1 Å². The minimum atomic E-state index is -0.512. The summed E-state index contributed by atoms with van der Waals surface area (Å²) in [4.78, 5) is 18.3. The van der Waals surface area contributed by atoms with Crippen molar-refractivity contribution in [3.63, 3.8) is 0 Å². The fourth-order valence-electron chi connectivity index (χ4n) is 1.72. The van der Waals surface area contributed by atoms with Gasteiger partial charge in [0.25, 0.3) is 0 Å². The van der Waals surface area contributed by atoms with Gasteiger partial charge in [-0.15, -0.1) is 11.3 Å². The van der Waals surface area contributed by atoms with Crippen molar-refractivity contribution in [2.24, 2.45) is 0 Å². The zero-order valence-corrected chi connectivity index (χ0v) is 13.3. The highest BCUT2D eigenvalue weighted by molar-refractivity contribution is 7.09. The van der Waals surface area contributed by atoms with E-state index >= 15 is 0 Å². The SMILES string of the molecule is CN(C)Cc1nc(CC(=O)Nc2ccc(F)c(Cl)c2)cs1. The Bertz CT molecular complexity index is 645. The number of carbonyl (C=O) groups excluding carboxylic acids is 1. The third-order valence-corrected chi connectivity index (χ3v) is 3.77. The van der Waals surface area contributed by atoms with E-state index in [0.29, 0.717) is 5.69 Å². The van der Waals surface area contributed by atoms with Crippen LogP contribution in [0.5, 0.6) is 0 Å². The molecule has 0 radical (unpaired) electrons. The second-order valence-electron chi connectivity index (χ2n) is 4.82. The van der Waals surface area contributed by atoms with Crippen LogP contribution >= 0.6 is 22.9 Å². The number of aromatic nitrogens is 1. The van der Waals surface area contributed by atoms with Crippen molar-refractivity contribution in [1.82, 2.24) is 9.88 Å². The van der Waals surface area contributed by atoms with Crippen LogP contribution in [0.1, 0.15) is 10.7 Å². The molecule has 0 aliphatic carbocycles. The first-order chi connectivity index (χ1) is 9.94. The van der Waals surface area contributed by atoms with Gasteiger partial charge in [-0.1, -0.05) is 11.6 Å². The van der Waals surface area contributed by atoms with Gasteiger partial charge in [0.1, 0.15) is 10.8 Å². The van der Waals surface area contributed by atoms with Crippen LogP contribution in [0.3, 0.4) is 0 Å². The molecule has 0 spiro atoms. The van der Waals surface area contributed by atoms with Crippen LogP contribution in [0, 0.1) is 5.82 Å². The zero-order valence-electron chi connectivity index (χ0n) is 11.7. The number of benzene rings is 1. The lowest BCUT2D eigenvalue weighted by Gasteiger charge is -2.06. The molecule has 0 saturated heterocycles. The van der Waals surface area contributed by atoms with Gasteiger partial charge in [0.2, 0.25) is 5.91 Å². The second-order valence-corrected chi connectivity index (χ2v) is 6.17. The Kier molecular flexibility index (Phi) is 5.27. The van der Waals surface area contributed by atoms with Crippen molar-refractivity contribution in [2.75, 3.05) is 19.4 Å². The summed E-state index contributed by atoms with van der Waals surface area (Å²) >= 11 is 7.19. The molecule has 1 aromatic carbocycles. The standard InChI is InChI=1S/C14H15ClFN3OS/c1-19(2)7-14-18-10(8-21-14)6-13(20)17-9-3-4-12(16)11(15)5-9/h3-5,8H,6-7H2,1-2H3,(H,17,20). The van der Waals surface area contributed by atoms with Crippen LogP contribution in [-0.4, -0.2) is 29.9 Å². The fourth-order valence-corrected chi connectivity index (χ4v) is 2.81. The smallest absolute Gasteiger partial charge is 0.230 e. The molecule has 4 nitrogen and oxygen atoms in total. The number of halogens is 2. The van der Waals surface area contributed by atoms with Gasteiger partial charge < -0.3 is 10.2 Å². The molecular weight excluding hydrogens is 313 g/mol. The van der Waals surface area contributed by atoms with Crippen LogP contribution in [0.2, 0.25) is 5.02 Å². The molecule has 0 fully saturated rings. The maximum atomic E-state index is 13.0. The molecule has 7 heteroatoms.